The summed E-state index contributed by atoms with van der Waals surface area (Å²) < 4.78 is 22.3. The number of ether oxygens (including phenoxy) is 1. The zero-order valence-electron chi connectivity index (χ0n) is 15.4. The lowest BCUT2D eigenvalue weighted by Crippen LogP contribution is -2.30. The maximum atomic E-state index is 13.8. The molecule has 0 unspecified atom stereocenters. The number of nitrogens with one attached hydrogen (secondary N) is 2. The molecule has 6 heteroatoms. The minimum Gasteiger partial charge on any atom is -0.497 e. The smallest absolute Gasteiger partial charge is 0.206 e. The van der Waals surface area contributed by atoms with Gasteiger partial charge in [0, 0.05) is 5.56 Å². The average Bonchev–Trinajstić information content (AvgIpc) is 2.73. The van der Waals surface area contributed by atoms with Crippen molar-refractivity contribution in [1.82, 2.24) is 4.72 Å². The van der Waals surface area contributed by atoms with E-state index in [4.69, 9.17) is 4.74 Å². The second-order valence-electron chi connectivity index (χ2n) is 6.40. The summed E-state index contributed by atoms with van der Waals surface area (Å²) in [7, 11) is 1.67. The molecule has 0 saturated heterocycles. The van der Waals surface area contributed by atoms with Gasteiger partial charge in [0.15, 0.2) is 0 Å². The van der Waals surface area contributed by atoms with E-state index in [9.17, 15) is 4.39 Å². The summed E-state index contributed by atoms with van der Waals surface area (Å²) in [4.78, 5) is 5.60. The number of anilines is 1. The van der Waals surface area contributed by atoms with E-state index in [1.807, 2.05) is 30.3 Å². The van der Waals surface area contributed by atoms with Crippen molar-refractivity contribution in [2.75, 3.05) is 12.4 Å². The van der Waals surface area contributed by atoms with Crippen LogP contribution in [-0.2, 0) is 13.0 Å². The first-order valence-corrected chi connectivity index (χ1v) is 9.77. The van der Waals surface area contributed by atoms with Crippen molar-refractivity contribution >= 4 is 23.6 Å². The van der Waals surface area contributed by atoms with Gasteiger partial charge in [-0.25, -0.2) is 9.38 Å². The van der Waals surface area contributed by atoms with Crippen LogP contribution >= 0.6 is 11.9 Å². The summed E-state index contributed by atoms with van der Waals surface area (Å²) >= 11 is 1.51. The molecule has 1 aliphatic heterocycles. The number of benzene rings is 3. The highest BCUT2D eigenvalue weighted by atomic mass is 32.2. The number of methoxy groups -OCH3 is 1. The molecule has 4 nitrogen and oxygen atoms in total. The molecular formula is C22H20FN3OS. The quantitative estimate of drug-likeness (QED) is 0.599. The van der Waals surface area contributed by atoms with Gasteiger partial charge in [-0.1, -0.05) is 42.5 Å². The standard InChI is InChI=1S/C22H20FN3OS/c1-27-18-9-4-6-15(13-18)12-16-8-5-11-20-21(16)25-22(26-28-20)24-14-17-7-2-3-10-19(17)23/h2-11,13H,12,14H2,1H3,(H2,24,25,26). The van der Waals surface area contributed by atoms with Gasteiger partial charge in [-0.2, -0.15) is 0 Å². The third kappa shape index (κ3) is 4.12. The number of hydrogen-bond donors (Lipinski definition) is 2. The van der Waals surface area contributed by atoms with E-state index >= 15 is 0 Å². The first-order chi connectivity index (χ1) is 13.7. The number of hydrogen-bond acceptors (Lipinski definition) is 3. The summed E-state index contributed by atoms with van der Waals surface area (Å²) in [6.07, 6.45) is 0.772. The largest absolute Gasteiger partial charge is 0.497 e. The summed E-state index contributed by atoms with van der Waals surface area (Å²) in [5.41, 5.74) is 3.93. The van der Waals surface area contributed by atoms with Crippen LogP contribution in [0.3, 0.4) is 0 Å². The van der Waals surface area contributed by atoms with Gasteiger partial charge in [0.1, 0.15) is 11.6 Å². The van der Waals surface area contributed by atoms with E-state index in [1.165, 1.54) is 29.1 Å². The molecule has 0 saturated carbocycles. The highest BCUT2D eigenvalue weighted by Crippen LogP contribution is 2.33. The molecule has 3 aromatic carbocycles. The number of fused-ring (bicyclic) bond motifs is 1. The van der Waals surface area contributed by atoms with Crippen LogP contribution in [0.4, 0.5) is 10.1 Å². The van der Waals surface area contributed by atoms with Crippen molar-refractivity contribution in [3.05, 3.63) is 89.2 Å². The van der Waals surface area contributed by atoms with E-state index in [0.29, 0.717) is 11.5 Å². The van der Waals surface area contributed by atoms with E-state index in [2.05, 4.69) is 33.2 Å². The Morgan fingerprint density at radius 3 is 2.68 bits per heavy atom. The van der Waals surface area contributed by atoms with E-state index in [0.717, 1.165) is 22.8 Å². The van der Waals surface area contributed by atoms with Crippen LogP contribution in [0.15, 0.2) is 76.6 Å². The molecule has 1 heterocycles. The Morgan fingerprint density at radius 1 is 1.00 bits per heavy atom. The van der Waals surface area contributed by atoms with Crippen molar-refractivity contribution in [2.24, 2.45) is 4.99 Å². The molecule has 0 spiro atoms. The topological polar surface area (TPSA) is 45.6 Å². The normalized spacial score (nSPS) is 14.1. The first kappa shape index (κ1) is 18.4. The monoisotopic (exact) mass is 393 g/mol. The van der Waals surface area contributed by atoms with E-state index < -0.39 is 0 Å². The van der Waals surface area contributed by atoms with E-state index in [-0.39, 0.29) is 12.4 Å². The third-order valence-electron chi connectivity index (χ3n) is 4.51. The maximum absolute atomic E-state index is 13.8. The molecule has 2 N–H and O–H groups in total. The highest BCUT2D eigenvalue weighted by molar-refractivity contribution is 7.98. The Labute approximate surface area is 168 Å². The Balaban J connectivity index is 1.55. The Kier molecular flexibility index (Phi) is 5.48. The predicted molar refractivity (Wildman–Crippen MR) is 112 cm³/mol. The average molecular weight is 393 g/mol. The second kappa shape index (κ2) is 8.35. The first-order valence-electron chi connectivity index (χ1n) is 8.95. The SMILES string of the molecule is COc1cccc(Cc2cccc3c2NC(=NCc2ccccc2F)NS3)c1. The zero-order chi connectivity index (χ0) is 19.3. The molecule has 0 bridgehead atoms. The van der Waals surface area contributed by atoms with Crippen LogP contribution in [0.25, 0.3) is 0 Å². The van der Waals surface area contributed by atoms with Gasteiger partial charge < -0.3 is 10.1 Å². The molecule has 0 aromatic heterocycles. The van der Waals surface area contributed by atoms with Crippen LogP contribution in [0.1, 0.15) is 16.7 Å². The molecule has 1 aliphatic rings. The van der Waals surface area contributed by atoms with Crippen LogP contribution in [-0.4, -0.2) is 13.1 Å². The van der Waals surface area contributed by atoms with Gasteiger partial charge >= 0.3 is 0 Å². The molecule has 0 amide bonds. The molecule has 142 valence electrons. The van der Waals surface area contributed by atoms with Crippen LogP contribution in [0.5, 0.6) is 5.75 Å². The van der Waals surface area contributed by atoms with Crippen LogP contribution in [0, 0.1) is 5.82 Å². The summed E-state index contributed by atoms with van der Waals surface area (Å²) in [5, 5.41) is 3.37. The number of rotatable bonds is 5. The van der Waals surface area contributed by atoms with Gasteiger partial charge in [0.05, 0.1) is 24.2 Å². The number of nitrogens with zero attached hydrogens (tertiary/aromatic N) is 1. The number of aliphatic imine (C=N–C) groups is 1. The molecule has 28 heavy (non-hydrogen) atoms. The number of guanidine groups is 1. The molecule has 0 fully saturated rings. The number of para-hydroxylation sites is 1. The van der Waals surface area contributed by atoms with Gasteiger partial charge in [-0.05, 0) is 53.8 Å². The lowest BCUT2D eigenvalue weighted by molar-refractivity contribution is 0.414. The second-order valence-corrected chi connectivity index (χ2v) is 7.25. The van der Waals surface area contributed by atoms with Gasteiger partial charge in [0.2, 0.25) is 5.96 Å². The van der Waals surface area contributed by atoms with Gasteiger partial charge in [-0.3, -0.25) is 4.72 Å². The maximum Gasteiger partial charge on any atom is 0.206 e. The fraction of sp³-hybridized carbons (Fsp3) is 0.136. The Hall–Kier alpha value is -2.99. The molecular weight excluding hydrogens is 373 g/mol. The Bertz CT molecular complexity index is 1020. The lowest BCUT2D eigenvalue weighted by atomic mass is 10.0. The fourth-order valence-corrected chi connectivity index (χ4v) is 3.82. The zero-order valence-corrected chi connectivity index (χ0v) is 16.2. The predicted octanol–water partition coefficient (Wildman–Crippen LogP) is 5.00. The third-order valence-corrected chi connectivity index (χ3v) is 5.36. The Morgan fingerprint density at radius 2 is 1.82 bits per heavy atom. The molecule has 0 atom stereocenters. The highest BCUT2D eigenvalue weighted by Gasteiger charge is 2.17. The van der Waals surface area contributed by atoms with E-state index in [1.54, 1.807) is 19.2 Å². The summed E-state index contributed by atoms with van der Waals surface area (Å²) in [6.45, 7) is 0.274. The number of halogens is 1. The van der Waals surface area contributed by atoms with Crippen molar-refractivity contribution in [1.29, 1.82) is 0 Å². The van der Waals surface area contributed by atoms with Crippen LogP contribution in [0.2, 0.25) is 0 Å². The molecule has 0 aliphatic carbocycles. The molecule has 4 rings (SSSR count). The van der Waals surface area contributed by atoms with Gasteiger partial charge in [-0.15, -0.1) is 0 Å². The van der Waals surface area contributed by atoms with Crippen molar-refractivity contribution in [2.45, 2.75) is 17.9 Å². The minimum atomic E-state index is -0.241. The molecule has 3 aromatic rings. The molecule has 0 radical (unpaired) electrons. The van der Waals surface area contributed by atoms with Gasteiger partial charge in [0.25, 0.3) is 0 Å². The van der Waals surface area contributed by atoms with Crippen LogP contribution < -0.4 is 14.8 Å². The lowest BCUT2D eigenvalue weighted by Gasteiger charge is -2.23. The van der Waals surface area contributed by atoms with Crippen molar-refractivity contribution in [3.63, 3.8) is 0 Å². The summed E-state index contributed by atoms with van der Waals surface area (Å²) in [5.74, 6) is 1.23. The van der Waals surface area contributed by atoms with Crippen molar-refractivity contribution < 1.29 is 9.13 Å². The van der Waals surface area contributed by atoms with Crippen molar-refractivity contribution in [3.8, 4) is 5.75 Å². The minimum absolute atomic E-state index is 0.241. The fourth-order valence-electron chi connectivity index (χ4n) is 3.06. The summed E-state index contributed by atoms with van der Waals surface area (Å²) in [6, 6.07) is 21.0.